The van der Waals surface area contributed by atoms with E-state index in [0.717, 1.165) is 65.0 Å². The van der Waals surface area contributed by atoms with Crippen molar-refractivity contribution < 1.29 is 9.53 Å². The number of para-hydroxylation sites is 1. The Morgan fingerprint density at radius 1 is 1.03 bits per heavy atom. The van der Waals surface area contributed by atoms with Crippen LogP contribution < -0.4 is 20.7 Å². The summed E-state index contributed by atoms with van der Waals surface area (Å²) in [5, 5.41) is 4.14. The highest BCUT2D eigenvalue weighted by molar-refractivity contribution is 5.97. The van der Waals surface area contributed by atoms with Gasteiger partial charge in [0.2, 0.25) is 5.91 Å². The van der Waals surface area contributed by atoms with Gasteiger partial charge in [-0.05, 0) is 60.4 Å². The van der Waals surface area contributed by atoms with Crippen LogP contribution in [0.25, 0.3) is 22.0 Å². The first-order valence-corrected chi connectivity index (χ1v) is 11.7. The zero-order valence-corrected chi connectivity index (χ0v) is 18.8. The van der Waals surface area contributed by atoms with Gasteiger partial charge in [-0.15, -0.1) is 0 Å². The van der Waals surface area contributed by atoms with Gasteiger partial charge in [0.05, 0.1) is 23.4 Å². The van der Waals surface area contributed by atoms with E-state index in [9.17, 15) is 4.79 Å². The van der Waals surface area contributed by atoms with Crippen LogP contribution in [0, 0.1) is 5.92 Å². The van der Waals surface area contributed by atoms with Crippen LogP contribution in [-0.4, -0.2) is 24.0 Å². The molecule has 170 valence electrons. The lowest BCUT2D eigenvalue weighted by Gasteiger charge is -2.23. The molecule has 6 heteroatoms. The first-order valence-electron chi connectivity index (χ1n) is 11.7. The molecule has 0 spiro atoms. The van der Waals surface area contributed by atoms with Crippen LogP contribution in [0.4, 0.5) is 17.1 Å². The van der Waals surface area contributed by atoms with Crippen molar-refractivity contribution in [1.29, 1.82) is 0 Å². The SMILES string of the molecule is Nc1ccc(-c2ccc3c(c2)CN(c2ccnc4ccccc24)CCO3)cc1NC(=O)C1CC1. The molecule has 0 saturated heterocycles. The number of nitrogens with zero attached hydrogens (tertiary/aromatic N) is 2. The number of nitrogens with two attached hydrogens (primary N) is 1. The van der Waals surface area contributed by atoms with Gasteiger partial charge in [-0.25, -0.2) is 0 Å². The highest BCUT2D eigenvalue weighted by Crippen LogP contribution is 2.36. The molecule has 4 aromatic rings. The van der Waals surface area contributed by atoms with Gasteiger partial charge < -0.3 is 20.7 Å². The Morgan fingerprint density at radius 3 is 2.74 bits per heavy atom. The number of carbonyl (C=O) groups is 1. The number of ether oxygens (including phenoxy) is 1. The van der Waals surface area contributed by atoms with E-state index in [1.165, 1.54) is 0 Å². The Balaban J connectivity index is 1.33. The number of nitrogens with one attached hydrogen (secondary N) is 1. The lowest BCUT2D eigenvalue weighted by Crippen LogP contribution is -2.25. The van der Waals surface area contributed by atoms with Crippen LogP contribution >= 0.6 is 0 Å². The van der Waals surface area contributed by atoms with E-state index in [2.05, 4.69) is 45.5 Å². The quantitative estimate of drug-likeness (QED) is 0.416. The number of amides is 1. The van der Waals surface area contributed by atoms with E-state index in [-0.39, 0.29) is 11.8 Å². The van der Waals surface area contributed by atoms with Gasteiger partial charge in [0.1, 0.15) is 12.4 Å². The summed E-state index contributed by atoms with van der Waals surface area (Å²) in [5.41, 5.74) is 12.7. The van der Waals surface area contributed by atoms with E-state index >= 15 is 0 Å². The van der Waals surface area contributed by atoms with Crippen LogP contribution in [0.15, 0.2) is 72.9 Å². The van der Waals surface area contributed by atoms with Crippen molar-refractivity contribution in [2.75, 3.05) is 29.1 Å². The summed E-state index contributed by atoms with van der Waals surface area (Å²) < 4.78 is 6.10. The lowest BCUT2D eigenvalue weighted by molar-refractivity contribution is -0.117. The monoisotopic (exact) mass is 450 g/mol. The molecule has 2 heterocycles. The summed E-state index contributed by atoms with van der Waals surface area (Å²) in [6.45, 7) is 2.14. The summed E-state index contributed by atoms with van der Waals surface area (Å²) in [4.78, 5) is 19.1. The fraction of sp³-hybridized carbons (Fsp3) is 0.214. The molecule has 1 aromatic heterocycles. The average molecular weight is 451 g/mol. The normalized spacial score (nSPS) is 15.4. The molecular weight excluding hydrogens is 424 g/mol. The molecule has 2 aliphatic rings. The molecular formula is C28H26N4O2. The Bertz CT molecular complexity index is 1390. The highest BCUT2D eigenvalue weighted by atomic mass is 16.5. The van der Waals surface area contributed by atoms with Crippen LogP contribution in [0.2, 0.25) is 0 Å². The standard InChI is InChI=1S/C28H26N4O2/c29-23-9-7-20(16-25(23)31-28(33)18-5-6-18)19-8-10-27-21(15-19)17-32(13-14-34-27)26-11-12-30-24-4-2-1-3-22(24)26/h1-4,7-12,15-16,18H,5-6,13-14,17,29H2,(H,31,33). The van der Waals surface area contributed by atoms with E-state index in [1.807, 2.05) is 42.6 Å². The number of pyridine rings is 1. The second-order valence-corrected chi connectivity index (χ2v) is 9.01. The van der Waals surface area contributed by atoms with E-state index in [0.29, 0.717) is 18.0 Å². The summed E-state index contributed by atoms with van der Waals surface area (Å²) in [6, 6.07) is 22.4. The predicted octanol–water partition coefficient (Wildman–Crippen LogP) is 5.23. The molecule has 6 rings (SSSR count). The highest BCUT2D eigenvalue weighted by Gasteiger charge is 2.30. The number of benzene rings is 3. The van der Waals surface area contributed by atoms with Gasteiger partial charge in [-0.2, -0.15) is 0 Å². The first-order chi connectivity index (χ1) is 16.7. The van der Waals surface area contributed by atoms with Crippen molar-refractivity contribution in [2.24, 2.45) is 5.92 Å². The third-order valence-electron chi connectivity index (χ3n) is 6.60. The number of hydrogen-bond acceptors (Lipinski definition) is 5. The van der Waals surface area contributed by atoms with Gasteiger partial charge in [0.25, 0.3) is 0 Å². The molecule has 34 heavy (non-hydrogen) atoms. The van der Waals surface area contributed by atoms with Gasteiger partial charge in [0, 0.05) is 35.3 Å². The second kappa shape index (κ2) is 8.37. The van der Waals surface area contributed by atoms with E-state index < -0.39 is 0 Å². The number of carbonyl (C=O) groups excluding carboxylic acids is 1. The topological polar surface area (TPSA) is 80.5 Å². The zero-order valence-electron chi connectivity index (χ0n) is 18.8. The molecule has 3 aromatic carbocycles. The summed E-state index contributed by atoms with van der Waals surface area (Å²) >= 11 is 0. The number of aromatic nitrogens is 1. The minimum atomic E-state index is 0.0550. The Kier molecular flexibility index (Phi) is 5.06. The smallest absolute Gasteiger partial charge is 0.227 e. The number of fused-ring (bicyclic) bond motifs is 2. The third kappa shape index (κ3) is 3.92. The minimum Gasteiger partial charge on any atom is -0.491 e. The molecule has 0 unspecified atom stereocenters. The van der Waals surface area contributed by atoms with Crippen molar-refractivity contribution in [3.8, 4) is 16.9 Å². The van der Waals surface area contributed by atoms with E-state index in [1.54, 1.807) is 0 Å². The summed E-state index contributed by atoms with van der Waals surface area (Å²) in [6.07, 6.45) is 3.78. The number of anilines is 3. The summed E-state index contributed by atoms with van der Waals surface area (Å²) in [5.74, 6) is 1.09. The van der Waals surface area contributed by atoms with Gasteiger partial charge in [-0.1, -0.05) is 30.3 Å². The second-order valence-electron chi connectivity index (χ2n) is 9.01. The van der Waals surface area contributed by atoms with Crippen molar-refractivity contribution in [2.45, 2.75) is 19.4 Å². The Hall–Kier alpha value is -4.06. The van der Waals surface area contributed by atoms with Gasteiger partial charge in [-0.3, -0.25) is 9.78 Å². The fourth-order valence-corrected chi connectivity index (χ4v) is 4.56. The average Bonchev–Trinajstić information content (AvgIpc) is 3.72. The molecule has 1 aliphatic carbocycles. The lowest BCUT2D eigenvalue weighted by atomic mass is 10.0. The van der Waals surface area contributed by atoms with Gasteiger partial charge in [0.15, 0.2) is 0 Å². The summed E-state index contributed by atoms with van der Waals surface area (Å²) in [7, 11) is 0. The van der Waals surface area contributed by atoms with Crippen LogP contribution in [0.3, 0.4) is 0 Å². The fourth-order valence-electron chi connectivity index (χ4n) is 4.56. The van der Waals surface area contributed by atoms with Crippen molar-refractivity contribution in [3.63, 3.8) is 0 Å². The zero-order chi connectivity index (χ0) is 23.1. The molecule has 6 nitrogen and oxygen atoms in total. The Labute approximate surface area is 198 Å². The van der Waals surface area contributed by atoms with E-state index in [4.69, 9.17) is 10.5 Å². The molecule has 0 atom stereocenters. The maximum Gasteiger partial charge on any atom is 0.227 e. The molecule has 1 saturated carbocycles. The number of hydrogen-bond donors (Lipinski definition) is 2. The van der Waals surface area contributed by atoms with Crippen molar-refractivity contribution in [1.82, 2.24) is 4.98 Å². The predicted molar refractivity (Wildman–Crippen MR) is 136 cm³/mol. The molecule has 3 N–H and O–H groups in total. The van der Waals surface area contributed by atoms with Crippen LogP contribution in [0.5, 0.6) is 5.75 Å². The minimum absolute atomic E-state index is 0.0550. The van der Waals surface area contributed by atoms with Crippen molar-refractivity contribution in [3.05, 3.63) is 78.5 Å². The van der Waals surface area contributed by atoms with Crippen LogP contribution in [-0.2, 0) is 11.3 Å². The Morgan fingerprint density at radius 2 is 1.85 bits per heavy atom. The molecule has 0 bridgehead atoms. The molecule has 1 fully saturated rings. The number of rotatable bonds is 4. The largest absolute Gasteiger partial charge is 0.491 e. The molecule has 1 aliphatic heterocycles. The molecule has 1 amide bonds. The number of nitrogen functional groups attached to an aromatic ring is 1. The third-order valence-corrected chi connectivity index (χ3v) is 6.60. The maximum absolute atomic E-state index is 12.3. The first kappa shape index (κ1) is 20.5. The van der Waals surface area contributed by atoms with Crippen LogP contribution in [0.1, 0.15) is 18.4 Å². The van der Waals surface area contributed by atoms with Gasteiger partial charge >= 0.3 is 0 Å². The maximum atomic E-state index is 12.3. The van der Waals surface area contributed by atoms with Crippen molar-refractivity contribution >= 4 is 33.9 Å². The molecule has 0 radical (unpaired) electrons.